The molecule has 1 saturated carbocycles. The van der Waals surface area contributed by atoms with Gasteiger partial charge in [0.1, 0.15) is 0 Å². The predicted molar refractivity (Wildman–Crippen MR) is 115 cm³/mol. The number of thioether (sulfide) groups is 1. The molecule has 1 fully saturated rings. The highest BCUT2D eigenvalue weighted by Crippen LogP contribution is 2.28. The van der Waals surface area contributed by atoms with Crippen LogP contribution in [-0.4, -0.2) is 42.1 Å². The quantitative estimate of drug-likeness (QED) is 0.381. The third-order valence-electron chi connectivity index (χ3n) is 4.19. The summed E-state index contributed by atoms with van der Waals surface area (Å²) >= 11 is 3.80. The summed E-state index contributed by atoms with van der Waals surface area (Å²) in [4.78, 5) is 10.4. The van der Waals surface area contributed by atoms with Gasteiger partial charge in [-0.05, 0) is 38.9 Å². The summed E-state index contributed by atoms with van der Waals surface area (Å²) in [5.74, 6) is 0.927. The zero-order valence-corrected chi connectivity index (χ0v) is 18.5. The van der Waals surface area contributed by atoms with Gasteiger partial charge >= 0.3 is 0 Å². The molecule has 2 unspecified atom stereocenters. The normalized spacial score (nSPS) is 21.1. The molecule has 0 radical (unpaired) electrons. The zero-order chi connectivity index (χ0) is 15.9. The number of hydrogen-bond donors (Lipinski definition) is 2. The van der Waals surface area contributed by atoms with E-state index in [1.165, 1.54) is 34.8 Å². The number of rotatable bonds is 6. The van der Waals surface area contributed by atoms with E-state index in [9.17, 15) is 0 Å². The summed E-state index contributed by atoms with van der Waals surface area (Å²) in [6, 6.07) is 0.567. The van der Waals surface area contributed by atoms with Crippen LogP contribution in [0, 0.1) is 6.92 Å². The van der Waals surface area contributed by atoms with E-state index < -0.39 is 0 Å². The highest BCUT2D eigenvalue weighted by Gasteiger charge is 2.24. The van der Waals surface area contributed by atoms with Gasteiger partial charge in [-0.25, -0.2) is 4.98 Å². The first-order chi connectivity index (χ1) is 10.7. The number of nitrogens with zero attached hydrogens (tertiary/aromatic N) is 2. The molecule has 0 bridgehead atoms. The smallest absolute Gasteiger partial charge is 0.191 e. The Bertz CT molecular complexity index is 504. The number of aryl methyl sites for hydroxylation is 2. The van der Waals surface area contributed by atoms with E-state index >= 15 is 0 Å². The molecule has 0 spiro atoms. The Hall–Kier alpha value is -0.0200. The second-order valence-electron chi connectivity index (χ2n) is 5.73. The molecule has 0 saturated heterocycles. The summed E-state index contributed by atoms with van der Waals surface area (Å²) in [6.07, 6.45) is 8.00. The van der Waals surface area contributed by atoms with Gasteiger partial charge in [-0.2, -0.15) is 11.8 Å². The van der Waals surface area contributed by atoms with E-state index in [2.05, 4.69) is 35.7 Å². The molecule has 1 aliphatic rings. The van der Waals surface area contributed by atoms with Crippen molar-refractivity contribution in [1.29, 1.82) is 0 Å². The van der Waals surface area contributed by atoms with Gasteiger partial charge in [0.2, 0.25) is 0 Å². The standard InChI is InChI=1S/C16H28N4S2.HI/c1-5-14-11(2)22-15(20-14)8-9-18-16(17-3)19-12-6-7-13(10-12)21-4;/h12-13H,5-10H2,1-4H3,(H2,17,18,19);1H. The van der Waals surface area contributed by atoms with Crippen molar-refractivity contribution in [1.82, 2.24) is 15.6 Å². The third kappa shape index (κ3) is 6.42. The second-order valence-corrected chi connectivity index (χ2v) is 8.15. The number of guanidine groups is 1. The van der Waals surface area contributed by atoms with Crippen molar-refractivity contribution in [2.24, 2.45) is 4.99 Å². The first-order valence-corrected chi connectivity index (χ1v) is 10.2. The Morgan fingerprint density at radius 1 is 1.43 bits per heavy atom. The molecule has 2 N–H and O–H groups in total. The van der Waals surface area contributed by atoms with Crippen LogP contribution in [-0.2, 0) is 12.8 Å². The minimum atomic E-state index is 0. The molecular formula is C16H29IN4S2. The fourth-order valence-corrected chi connectivity index (χ4v) is 4.70. The van der Waals surface area contributed by atoms with Crippen molar-refractivity contribution in [3.05, 3.63) is 15.6 Å². The summed E-state index contributed by atoms with van der Waals surface area (Å²) in [7, 11) is 1.85. The predicted octanol–water partition coefficient (Wildman–Crippen LogP) is 3.62. The number of hydrogen-bond acceptors (Lipinski definition) is 4. The molecule has 1 aromatic heterocycles. The van der Waals surface area contributed by atoms with Crippen LogP contribution in [0.25, 0.3) is 0 Å². The van der Waals surface area contributed by atoms with Gasteiger partial charge in [-0.15, -0.1) is 35.3 Å². The Morgan fingerprint density at radius 3 is 2.78 bits per heavy atom. The van der Waals surface area contributed by atoms with E-state index in [-0.39, 0.29) is 24.0 Å². The van der Waals surface area contributed by atoms with Crippen molar-refractivity contribution in [3.8, 4) is 0 Å². The summed E-state index contributed by atoms with van der Waals surface area (Å²) < 4.78 is 0. The topological polar surface area (TPSA) is 49.3 Å². The molecular weight excluding hydrogens is 439 g/mol. The SMILES string of the molecule is CCc1nc(CCNC(=NC)NC2CCC(SC)C2)sc1C.I. The lowest BCUT2D eigenvalue weighted by Crippen LogP contribution is -2.43. The van der Waals surface area contributed by atoms with E-state index in [4.69, 9.17) is 4.98 Å². The van der Waals surface area contributed by atoms with Gasteiger partial charge in [0.15, 0.2) is 5.96 Å². The fraction of sp³-hybridized carbons (Fsp3) is 0.750. The second kappa shape index (κ2) is 10.8. The maximum absolute atomic E-state index is 4.69. The molecule has 1 aliphatic carbocycles. The number of aromatic nitrogens is 1. The molecule has 7 heteroatoms. The number of halogens is 1. The van der Waals surface area contributed by atoms with Gasteiger partial charge < -0.3 is 10.6 Å². The summed E-state index contributed by atoms with van der Waals surface area (Å²) in [5.41, 5.74) is 1.25. The Kier molecular flexibility index (Phi) is 9.84. The first kappa shape index (κ1) is 21.0. The molecule has 0 aliphatic heterocycles. The zero-order valence-electron chi connectivity index (χ0n) is 14.5. The minimum Gasteiger partial charge on any atom is -0.356 e. The number of thiazole rings is 1. The van der Waals surface area contributed by atoms with Gasteiger partial charge in [0, 0.05) is 36.2 Å². The lowest BCUT2D eigenvalue weighted by atomic mass is 10.2. The average Bonchev–Trinajstić information content (AvgIpc) is 3.12. The third-order valence-corrected chi connectivity index (χ3v) is 6.35. The monoisotopic (exact) mass is 468 g/mol. The van der Waals surface area contributed by atoms with Crippen LogP contribution in [0.1, 0.15) is 41.8 Å². The minimum absolute atomic E-state index is 0. The van der Waals surface area contributed by atoms with Crippen LogP contribution < -0.4 is 10.6 Å². The fourth-order valence-electron chi connectivity index (χ4n) is 2.88. The Balaban J connectivity index is 0.00000264. The lowest BCUT2D eigenvalue weighted by molar-refractivity contribution is 0.614. The van der Waals surface area contributed by atoms with Crippen LogP contribution in [0.15, 0.2) is 4.99 Å². The number of aliphatic imine (C=N–C) groups is 1. The molecule has 23 heavy (non-hydrogen) atoms. The maximum Gasteiger partial charge on any atom is 0.191 e. The van der Waals surface area contributed by atoms with Crippen LogP contribution in [0.2, 0.25) is 0 Å². The van der Waals surface area contributed by atoms with E-state index in [0.717, 1.165) is 30.6 Å². The van der Waals surface area contributed by atoms with Crippen molar-refractivity contribution in [2.45, 2.75) is 57.2 Å². The summed E-state index contributed by atoms with van der Waals surface area (Å²) in [6.45, 7) is 5.21. The van der Waals surface area contributed by atoms with E-state index in [0.29, 0.717) is 6.04 Å². The highest BCUT2D eigenvalue weighted by atomic mass is 127. The first-order valence-electron chi connectivity index (χ1n) is 8.11. The Morgan fingerprint density at radius 2 is 2.22 bits per heavy atom. The Labute approximate surface area is 165 Å². The van der Waals surface area contributed by atoms with Crippen LogP contribution in [0.5, 0.6) is 0 Å². The van der Waals surface area contributed by atoms with Crippen molar-refractivity contribution < 1.29 is 0 Å². The van der Waals surface area contributed by atoms with Gasteiger partial charge in [-0.1, -0.05) is 6.92 Å². The van der Waals surface area contributed by atoms with Gasteiger partial charge in [0.25, 0.3) is 0 Å². The molecule has 0 aromatic carbocycles. The highest BCUT2D eigenvalue weighted by molar-refractivity contribution is 14.0. The summed E-state index contributed by atoms with van der Waals surface area (Å²) in [5, 5.41) is 9.01. The molecule has 2 rings (SSSR count). The van der Waals surface area contributed by atoms with Crippen LogP contribution in [0.4, 0.5) is 0 Å². The molecule has 0 amide bonds. The lowest BCUT2D eigenvalue weighted by Gasteiger charge is -2.17. The van der Waals surface area contributed by atoms with Crippen molar-refractivity contribution in [2.75, 3.05) is 19.8 Å². The number of nitrogens with one attached hydrogen (secondary N) is 2. The van der Waals surface area contributed by atoms with E-state index in [1.54, 1.807) is 0 Å². The van der Waals surface area contributed by atoms with E-state index in [1.807, 2.05) is 30.1 Å². The van der Waals surface area contributed by atoms with Crippen molar-refractivity contribution in [3.63, 3.8) is 0 Å². The molecule has 2 atom stereocenters. The maximum atomic E-state index is 4.69. The van der Waals surface area contributed by atoms with Gasteiger partial charge in [0.05, 0.1) is 10.7 Å². The van der Waals surface area contributed by atoms with Crippen LogP contribution >= 0.6 is 47.1 Å². The average molecular weight is 468 g/mol. The molecule has 1 heterocycles. The van der Waals surface area contributed by atoms with Crippen LogP contribution in [0.3, 0.4) is 0 Å². The molecule has 1 aromatic rings. The molecule has 4 nitrogen and oxygen atoms in total. The van der Waals surface area contributed by atoms with Gasteiger partial charge in [-0.3, -0.25) is 4.99 Å². The van der Waals surface area contributed by atoms with Crippen molar-refractivity contribution >= 4 is 53.0 Å². The largest absolute Gasteiger partial charge is 0.356 e. The molecule has 132 valence electrons.